The Morgan fingerprint density at radius 2 is 2.00 bits per heavy atom. The van der Waals surface area contributed by atoms with Gasteiger partial charge in [0.1, 0.15) is 11.9 Å². The maximum Gasteiger partial charge on any atom is 0.269 e. The fourth-order valence-corrected chi connectivity index (χ4v) is 4.89. The van der Waals surface area contributed by atoms with Gasteiger partial charge in [0.25, 0.3) is 5.69 Å². The molecule has 3 atom stereocenters. The van der Waals surface area contributed by atoms with Crippen molar-refractivity contribution in [3.8, 4) is 0 Å². The van der Waals surface area contributed by atoms with E-state index in [1.807, 2.05) is 0 Å². The monoisotopic (exact) mass is 451 g/mol. The molecule has 0 radical (unpaired) electrons. The van der Waals surface area contributed by atoms with Crippen molar-refractivity contribution in [1.29, 1.82) is 0 Å². The van der Waals surface area contributed by atoms with E-state index in [1.165, 1.54) is 24.0 Å². The third-order valence-corrected chi connectivity index (χ3v) is 7.17. The van der Waals surface area contributed by atoms with Crippen LogP contribution in [0.4, 0.5) is 10.1 Å². The number of fused-ring (bicyclic) bond motifs is 1. The molecule has 1 aliphatic rings. The molecule has 164 valence electrons. The average molecular weight is 451 g/mol. The third-order valence-electron chi connectivity index (χ3n) is 5.27. The number of hydrogen-bond acceptors (Lipinski definition) is 8. The Balaban J connectivity index is 1.62. The number of aliphatic hydroxyl groups is 1. The highest BCUT2D eigenvalue weighted by Gasteiger charge is 2.41. The zero-order valence-electron chi connectivity index (χ0n) is 16.2. The largest absolute Gasteiger partial charge is 0.389 e. The van der Waals surface area contributed by atoms with Crippen molar-refractivity contribution in [3.05, 3.63) is 58.7 Å². The molecule has 1 saturated heterocycles. The van der Waals surface area contributed by atoms with Crippen molar-refractivity contribution in [2.75, 3.05) is 20.3 Å². The number of halogens is 1. The topological polar surface area (TPSA) is 141 Å². The lowest BCUT2D eigenvalue weighted by atomic mass is 10.0. The first kappa shape index (κ1) is 21.2. The molecule has 0 unspecified atom stereocenters. The Bertz CT molecular complexity index is 1230. The van der Waals surface area contributed by atoms with Crippen LogP contribution in [0, 0.1) is 15.9 Å². The fourth-order valence-electron chi connectivity index (χ4n) is 3.54. The van der Waals surface area contributed by atoms with Gasteiger partial charge >= 0.3 is 0 Å². The molecule has 1 aliphatic heterocycles. The second kappa shape index (κ2) is 7.92. The van der Waals surface area contributed by atoms with E-state index < -0.39 is 39.0 Å². The predicted molar refractivity (Wildman–Crippen MR) is 105 cm³/mol. The van der Waals surface area contributed by atoms with Gasteiger partial charge in [0, 0.05) is 24.6 Å². The summed E-state index contributed by atoms with van der Waals surface area (Å²) in [7, 11) is -2.78. The molecule has 0 saturated carbocycles. The zero-order chi connectivity index (χ0) is 22.3. The quantitative estimate of drug-likeness (QED) is 0.449. The van der Waals surface area contributed by atoms with Gasteiger partial charge in [-0.1, -0.05) is 0 Å². The number of pyridine rings is 1. The van der Waals surface area contributed by atoms with Gasteiger partial charge in [-0.3, -0.25) is 10.1 Å². The highest BCUT2D eigenvalue weighted by atomic mass is 32.2. The first-order valence-electron chi connectivity index (χ1n) is 9.17. The Kier molecular flexibility index (Phi) is 5.43. The first-order chi connectivity index (χ1) is 14.7. The zero-order valence-corrected chi connectivity index (χ0v) is 17.0. The summed E-state index contributed by atoms with van der Waals surface area (Å²) in [5.74, 6) is -0.528. The molecule has 31 heavy (non-hydrogen) atoms. The normalized spacial score (nSPS) is 22.1. The second-order valence-corrected chi connectivity index (χ2v) is 9.09. The molecule has 3 heterocycles. The molecular weight excluding hydrogens is 433 g/mol. The van der Waals surface area contributed by atoms with Gasteiger partial charge < -0.3 is 9.84 Å². The SMILES string of the molecule is CN([C@@H]1COC[C@H](n2ncc3cc(F)cnc32)[C@H]1O)S(=O)(=O)c1ccc([N+](=O)[O-])cc1. The number of nitro groups is 1. The van der Waals surface area contributed by atoms with E-state index in [1.54, 1.807) is 0 Å². The van der Waals surface area contributed by atoms with Gasteiger partial charge in [-0.05, 0) is 18.2 Å². The van der Waals surface area contributed by atoms with Crippen LogP contribution in [0.15, 0.2) is 47.6 Å². The van der Waals surface area contributed by atoms with Crippen LogP contribution in [-0.2, 0) is 14.8 Å². The highest BCUT2D eigenvalue weighted by Crippen LogP contribution is 2.29. The van der Waals surface area contributed by atoms with Crippen LogP contribution in [0.5, 0.6) is 0 Å². The van der Waals surface area contributed by atoms with E-state index in [4.69, 9.17) is 4.74 Å². The van der Waals surface area contributed by atoms with Crippen molar-refractivity contribution in [1.82, 2.24) is 19.1 Å². The summed E-state index contributed by atoms with van der Waals surface area (Å²) in [5, 5.41) is 26.4. The number of hydrogen-bond donors (Lipinski definition) is 1. The number of rotatable bonds is 5. The van der Waals surface area contributed by atoms with Gasteiger partial charge in [0.05, 0.1) is 47.6 Å². The summed E-state index contributed by atoms with van der Waals surface area (Å²) < 4.78 is 47.3. The Morgan fingerprint density at radius 3 is 2.68 bits per heavy atom. The van der Waals surface area contributed by atoms with E-state index in [9.17, 15) is 28.0 Å². The van der Waals surface area contributed by atoms with Crippen molar-refractivity contribution in [3.63, 3.8) is 0 Å². The van der Waals surface area contributed by atoms with Crippen LogP contribution in [-0.4, -0.2) is 69.9 Å². The van der Waals surface area contributed by atoms with E-state index in [2.05, 4.69) is 10.1 Å². The third kappa shape index (κ3) is 3.76. The number of aromatic nitrogens is 3. The molecule has 0 spiro atoms. The van der Waals surface area contributed by atoms with E-state index in [-0.39, 0.29) is 23.8 Å². The van der Waals surface area contributed by atoms with Crippen LogP contribution in [0.2, 0.25) is 0 Å². The van der Waals surface area contributed by atoms with Crippen LogP contribution in [0.3, 0.4) is 0 Å². The van der Waals surface area contributed by atoms with Crippen LogP contribution in [0.25, 0.3) is 11.0 Å². The fraction of sp³-hybridized carbons (Fsp3) is 0.333. The molecule has 0 amide bonds. The number of nitrogens with zero attached hydrogens (tertiary/aromatic N) is 5. The number of ether oxygens (including phenoxy) is 1. The minimum absolute atomic E-state index is 0.0545. The lowest BCUT2D eigenvalue weighted by molar-refractivity contribution is -0.384. The number of sulfonamides is 1. The highest BCUT2D eigenvalue weighted by molar-refractivity contribution is 7.89. The van der Waals surface area contributed by atoms with Crippen molar-refractivity contribution >= 4 is 26.7 Å². The standard InChI is InChI=1S/C18H18FN5O6S/c1-22(31(28,29)14-4-2-13(3-5-14)24(26)27)15-9-30-10-16(17(15)25)23-18-11(7-21-23)6-12(19)8-20-18/h2-8,15-17,25H,9-10H2,1H3/t15-,16+,17+/m1/s1. The predicted octanol–water partition coefficient (Wildman–Crippen LogP) is 1.10. The number of aliphatic hydroxyl groups excluding tert-OH is 1. The minimum atomic E-state index is -4.08. The van der Waals surface area contributed by atoms with Crippen molar-refractivity contribution in [2.24, 2.45) is 0 Å². The van der Waals surface area contributed by atoms with Gasteiger partial charge in [-0.2, -0.15) is 9.40 Å². The average Bonchev–Trinajstić information content (AvgIpc) is 3.16. The maximum absolute atomic E-state index is 13.4. The Morgan fingerprint density at radius 1 is 1.29 bits per heavy atom. The molecule has 0 aliphatic carbocycles. The van der Waals surface area contributed by atoms with Gasteiger partial charge in [-0.25, -0.2) is 22.5 Å². The van der Waals surface area contributed by atoms with E-state index >= 15 is 0 Å². The molecule has 1 fully saturated rings. The first-order valence-corrected chi connectivity index (χ1v) is 10.6. The van der Waals surface area contributed by atoms with E-state index in [0.29, 0.717) is 11.0 Å². The minimum Gasteiger partial charge on any atom is -0.389 e. The summed E-state index contributed by atoms with van der Waals surface area (Å²) in [6, 6.07) is 4.00. The summed E-state index contributed by atoms with van der Waals surface area (Å²) >= 11 is 0. The molecule has 1 aromatic carbocycles. The summed E-state index contributed by atoms with van der Waals surface area (Å²) in [5.41, 5.74) is 0.0905. The van der Waals surface area contributed by atoms with Crippen molar-refractivity contribution < 1.29 is 27.6 Å². The molecule has 13 heteroatoms. The molecule has 0 bridgehead atoms. The van der Waals surface area contributed by atoms with E-state index in [0.717, 1.165) is 34.8 Å². The van der Waals surface area contributed by atoms with Crippen LogP contribution >= 0.6 is 0 Å². The second-order valence-electron chi connectivity index (χ2n) is 7.09. The molecule has 2 aromatic heterocycles. The van der Waals surface area contributed by atoms with Crippen LogP contribution in [0.1, 0.15) is 6.04 Å². The van der Waals surface area contributed by atoms with Crippen LogP contribution < -0.4 is 0 Å². The molecule has 11 nitrogen and oxygen atoms in total. The Hall–Kier alpha value is -3.00. The number of nitro benzene ring substituents is 1. The lowest BCUT2D eigenvalue weighted by Gasteiger charge is -2.38. The van der Waals surface area contributed by atoms with Gasteiger partial charge in [0.2, 0.25) is 10.0 Å². The molecule has 1 N–H and O–H groups in total. The van der Waals surface area contributed by atoms with Gasteiger partial charge in [-0.15, -0.1) is 0 Å². The number of likely N-dealkylation sites (N-methyl/N-ethyl adjacent to an activating group) is 1. The molecule has 4 rings (SSSR count). The van der Waals surface area contributed by atoms with Crippen molar-refractivity contribution in [2.45, 2.75) is 23.1 Å². The Labute approximate surface area is 175 Å². The maximum atomic E-state index is 13.4. The smallest absolute Gasteiger partial charge is 0.269 e. The molecule has 3 aromatic rings. The lowest BCUT2D eigenvalue weighted by Crippen LogP contribution is -2.54. The van der Waals surface area contributed by atoms with Gasteiger partial charge in [0.15, 0.2) is 5.65 Å². The summed E-state index contributed by atoms with van der Waals surface area (Å²) in [6.45, 7) is -0.0133. The summed E-state index contributed by atoms with van der Waals surface area (Å²) in [4.78, 5) is 14.0. The number of benzene rings is 1. The summed E-state index contributed by atoms with van der Waals surface area (Å²) in [6.07, 6.45) is 1.22. The molecular formula is C18H18FN5O6S. The number of non-ortho nitro benzene ring substituents is 1.